The lowest BCUT2D eigenvalue weighted by Gasteiger charge is -2.26. The fraction of sp³-hybridized carbons (Fsp3) is 0.480. The molecule has 3 aromatic rings. The molecule has 4 atom stereocenters. The van der Waals surface area contributed by atoms with Crippen LogP contribution in [0.2, 0.25) is 0 Å². The molecule has 0 amide bonds. The van der Waals surface area contributed by atoms with Gasteiger partial charge in [0.05, 0.1) is 19.5 Å². The van der Waals surface area contributed by atoms with Gasteiger partial charge in [-0.3, -0.25) is 4.57 Å². The Balaban J connectivity index is 1.34. The molecule has 10 nitrogen and oxygen atoms in total. The molecule has 1 saturated carbocycles. The maximum atomic E-state index is 10.7. The Hall–Kier alpha value is -3.07. The molecule has 0 unspecified atom stereocenters. The van der Waals surface area contributed by atoms with Crippen molar-refractivity contribution in [2.45, 2.75) is 68.9 Å². The third-order valence-electron chi connectivity index (χ3n) is 6.54. The van der Waals surface area contributed by atoms with Crippen LogP contribution >= 0.6 is 0 Å². The number of aliphatic hydroxyl groups excluding tert-OH is 2. The van der Waals surface area contributed by atoms with E-state index in [0.717, 1.165) is 24.8 Å². The molecule has 1 saturated heterocycles. The first-order valence-corrected chi connectivity index (χ1v) is 11.8. The van der Waals surface area contributed by atoms with Crippen molar-refractivity contribution in [3.63, 3.8) is 0 Å². The quantitative estimate of drug-likeness (QED) is 0.397. The number of rotatable bonds is 5. The summed E-state index contributed by atoms with van der Waals surface area (Å²) in [6.45, 7) is 0.461. The fourth-order valence-electron chi connectivity index (χ4n) is 4.58. The van der Waals surface area contributed by atoms with E-state index in [1.165, 1.54) is 10.9 Å². The molecule has 5 rings (SSSR count). The van der Waals surface area contributed by atoms with E-state index in [-0.39, 0.29) is 18.2 Å². The highest BCUT2D eigenvalue weighted by Crippen LogP contribution is 2.32. The molecule has 2 aromatic heterocycles. The van der Waals surface area contributed by atoms with E-state index in [2.05, 4.69) is 26.8 Å². The number of aromatic nitrogens is 4. The Morgan fingerprint density at radius 3 is 2.66 bits per heavy atom. The van der Waals surface area contributed by atoms with Crippen molar-refractivity contribution in [2.24, 2.45) is 0 Å². The van der Waals surface area contributed by atoms with E-state index in [4.69, 9.17) is 15.2 Å². The van der Waals surface area contributed by atoms with Crippen molar-refractivity contribution in [2.75, 3.05) is 12.3 Å². The second kappa shape index (κ2) is 9.89. The first-order valence-electron chi connectivity index (χ1n) is 11.8. The molecule has 1 aliphatic heterocycles. The van der Waals surface area contributed by atoms with Crippen molar-refractivity contribution in [1.82, 2.24) is 19.5 Å². The van der Waals surface area contributed by atoms with Gasteiger partial charge in [0.15, 0.2) is 17.7 Å². The minimum Gasteiger partial charge on any atom is -0.387 e. The average molecular weight is 480 g/mol. The van der Waals surface area contributed by atoms with E-state index in [1.807, 2.05) is 30.3 Å². The van der Waals surface area contributed by atoms with Crippen LogP contribution in [-0.4, -0.2) is 65.4 Å². The molecule has 2 aliphatic rings. The third-order valence-corrected chi connectivity index (χ3v) is 6.54. The minimum absolute atomic E-state index is 0.0999. The number of anilines is 1. The lowest BCUT2D eigenvalue weighted by Crippen LogP contribution is -2.33. The normalized spacial score (nSPS) is 25.9. The Morgan fingerprint density at radius 1 is 1.11 bits per heavy atom. The summed E-state index contributed by atoms with van der Waals surface area (Å²) in [5, 5.41) is 31.9. The number of fused-ring (bicyclic) bond motifs is 1. The highest BCUT2D eigenvalue weighted by atomic mass is 16.6. The SMILES string of the molecule is Nc1nc(C#CC2(O)CCCCC2)nc2c1ncn2[C@@H]1O[C@H](COCc2ccccc2)[C@@H](O)[C@H]1O. The van der Waals surface area contributed by atoms with Gasteiger partial charge in [-0.2, -0.15) is 0 Å². The standard InChI is InChI=1S/C25H29N5O5/c26-22-19-23(29-18(28-22)9-12-25(33)10-5-2-6-11-25)30(15-27-19)24-21(32)20(31)17(35-24)14-34-13-16-7-3-1-4-8-16/h1,3-4,7-8,15,17,20-21,24,31-33H,2,5-6,10-11,13-14H2,(H2,26,28,29)/t17-,20-,21-,24-/m1/s1. The van der Waals surface area contributed by atoms with Crippen molar-refractivity contribution >= 4 is 17.0 Å². The molecule has 1 aromatic carbocycles. The largest absolute Gasteiger partial charge is 0.387 e. The van der Waals surface area contributed by atoms with Gasteiger partial charge in [0.25, 0.3) is 0 Å². The molecule has 3 heterocycles. The van der Waals surface area contributed by atoms with Crippen molar-refractivity contribution < 1.29 is 24.8 Å². The lowest BCUT2D eigenvalue weighted by atomic mass is 9.85. The topological polar surface area (TPSA) is 149 Å². The van der Waals surface area contributed by atoms with Gasteiger partial charge in [0.1, 0.15) is 29.4 Å². The lowest BCUT2D eigenvalue weighted by molar-refractivity contribution is -0.0682. The van der Waals surface area contributed by atoms with Crippen LogP contribution in [0.25, 0.3) is 11.2 Å². The van der Waals surface area contributed by atoms with Crippen molar-refractivity contribution in [3.8, 4) is 11.8 Å². The van der Waals surface area contributed by atoms with E-state index in [0.29, 0.717) is 30.6 Å². The molecule has 184 valence electrons. The van der Waals surface area contributed by atoms with Crippen LogP contribution in [-0.2, 0) is 16.1 Å². The average Bonchev–Trinajstić information content (AvgIpc) is 3.41. The summed E-state index contributed by atoms with van der Waals surface area (Å²) < 4.78 is 13.2. The number of nitrogens with two attached hydrogens (primary N) is 1. The van der Waals surface area contributed by atoms with Crippen molar-refractivity contribution in [1.29, 1.82) is 0 Å². The zero-order valence-electron chi connectivity index (χ0n) is 19.2. The highest BCUT2D eigenvalue weighted by Gasteiger charge is 2.44. The summed E-state index contributed by atoms with van der Waals surface area (Å²) in [6.07, 6.45) is 1.53. The van der Waals surface area contributed by atoms with Crippen molar-refractivity contribution in [3.05, 3.63) is 48.0 Å². The fourth-order valence-corrected chi connectivity index (χ4v) is 4.58. The number of benzene rings is 1. The highest BCUT2D eigenvalue weighted by molar-refractivity contribution is 5.82. The second-order valence-electron chi connectivity index (χ2n) is 9.15. The smallest absolute Gasteiger partial charge is 0.209 e. The number of ether oxygens (including phenoxy) is 2. The molecule has 0 bridgehead atoms. The molecule has 0 radical (unpaired) electrons. The van der Waals surface area contributed by atoms with Gasteiger partial charge in [-0.1, -0.05) is 42.7 Å². The van der Waals surface area contributed by atoms with Gasteiger partial charge in [0.2, 0.25) is 5.82 Å². The number of imidazole rings is 1. The Morgan fingerprint density at radius 2 is 1.89 bits per heavy atom. The van der Waals surface area contributed by atoms with Gasteiger partial charge < -0.3 is 30.5 Å². The monoisotopic (exact) mass is 479 g/mol. The molecular weight excluding hydrogens is 450 g/mol. The van der Waals surface area contributed by atoms with Crippen LogP contribution in [0.1, 0.15) is 49.7 Å². The van der Waals surface area contributed by atoms with Crippen LogP contribution in [0.3, 0.4) is 0 Å². The van der Waals surface area contributed by atoms with Gasteiger partial charge in [-0.05, 0) is 37.2 Å². The van der Waals surface area contributed by atoms with Crippen LogP contribution in [0.15, 0.2) is 36.7 Å². The second-order valence-corrected chi connectivity index (χ2v) is 9.15. The van der Waals surface area contributed by atoms with Crippen LogP contribution < -0.4 is 5.73 Å². The Bertz CT molecular complexity index is 1230. The van der Waals surface area contributed by atoms with Gasteiger partial charge >= 0.3 is 0 Å². The number of nitrogen functional groups attached to an aromatic ring is 1. The molecular formula is C25H29N5O5. The maximum absolute atomic E-state index is 10.7. The number of aliphatic hydroxyl groups is 3. The number of hydrogen-bond acceptors (Lipinski definition) is 9. The van der Waals surface area contributed by atoms with Gasteiger partial charge in [-0.15, -0.1) is 0 Å². The molecule has 0 spiro atoms. The van der Waals surface area contributed by atoms with E-state index in [1.54, 1.807) is 0 Å². The zero-order chi connectivity index (χ0) is 24.4. The summed E-state index contributed by atoms with van der Waals surface area (Å²) in [7, 11) is 0. The predicted molar refractivity (Wildman–Crippen MR) is 127 cm³/mol. The summed E-state index contributed by atoms with van der Waals surface area (Å²) in [4.78, 5) is 12.9. The number of nitrogens with zero attached hydrogens (tertiary/aromatic N) is 4. The van der Waals surface area contributed by atoms with Gasteiger partial charge in [0, 0.05) is 0 Å². The Labute approximate surface area is 202 Å². The third kappa shape index (κ3) is 5.00. The molecule has 5 N–H and O–H groups in total. The van der Waals surface area contributed by atoms with Crippen LogP contribution in [0.4, 0.5) is 5.82 Å². The summed E-state index contributed by atoms with van der Waals surface area (Å²) in [5.41, 5.74) is 6.69. The van der Waals surface area contributed by atoms with Crippen LogP contribution in [0.5, 0.6) is 0 Å². The Kier molecular flexibility index (Phi) is 6.69. The minimum atomic E-state index is -1.23. The molecule has 1 aliphatic carbocycles. The van der Waals surface area contributed by atoms with E-state index >= 15 is 0 Å². The summed E-state index contributed by atoms with van der Waals surface area (Å²) in [6, 6.07) is 9.66. The van der Waals surface area contributed by atoms with E-state index < -0.39 is 30.1 Å². The molecule has 35 heavy (non-hydrogen) atoms. The first kappa shape index (κ1) is 23.7. The summed E-state index contributed by atoms with van der Waals surface area (Å²) in [5.74, 6) is 6.03. The molecule has 10 heteroatoms. The van der Waals surface area contributed by atoms with Crippen LogP contribution in [0, 0.1) is 11.8 Å². The predicted octanol–water partition coefficient (Wildman–Crippen LogP) is 1.29. The van der Waals surface area contributed by atoms with Gasteiger partial charge in [-0.25, -0.2) is 15.0 Å². The molecule has 2 fully saturated rings. The summed E-state index contributed by atoms with van der Waals surface area (Å²) >= 11 is 0. The zero-order valence-corrected chi connectivity index (χ0v) is 19.2. The van der Waals surface area contributed by atoms with E-state index in [9.17, 15) is 15.3 Å². The maximum Gasteiger partial charge on any atom is 0.209 e. The first-order chi connectivity index (χ1) is 16.9. The number of hydrogen-bond donors (Lipinski definition) is 4.